The highest BCUT2D eigenvalue weighted by Gasteiger charge is 2.29. The molecule has 0 radical (unpaired) electrons. The van der Waals surface area contributed by atoms with Crippen LogP contribution in [0.3, 0.4) is 0 Å². The molecule has 0 aromatic heterocycles. The molecule has 3 unspecified atom stereocenters. The topological polar surface area (TPSA) is 15.3 Å². The highest BCUT2D eigenvalue weighted by Crippen LogP contribution is 2.30. The molecule has 0 spiro atoms. The van der Waals surface area contributed by atoms with Gasteiger partial charge in [-0.05, 0) is 60.8 Å². The van der Waals surface area contributed by atoms with E-state index in [9.17, 15) is 0 Å². The maximum Gasteiger partial charge on any atom is 0.0489 e. The average Bonchev–Trinajstić information content (AvgIpc) is 2.32. The summed E-state index contributed by atoms with van der Waals surface area (Å²) in [5.74, 6) is 0.679. The van der Waals surface area contributed by atoms with Crippen molar-refractivity contribution in [3.63, 3.8) is 0 Å². The van der Waals surface area contributed by atoms with Gasteiger partial charge in [-0.25, -0.2) is 0 Å². The highest BCUT2D eigenvalue weighted by atomic mass is 79.9. The van der Waals surface area contributed by atoms with Gasteiger partial charge in [0.2, 0.25) is 0 Å². The summed E-state index contributed by atoms with van der Waals surface area (Å²) in [7, 11) is 2.22. The lowest BCUT2D eigenvalue weighted by molar-refractivity contribution is 0.145. The lowest BCUT2D eigenvalue weighted by Crippen LogP contribution is -2.48. The van der Waals surface area contributed by atoms with Gasteiger partial charge in [0.15, 0.2) is 0 Å². The zero-order chi connectivity index (χ0) is 13.3. The smallest absolute Gasteiger partial charge is 0.0489 e. The number of piperidine rings is 1. The molecule has 1 aromatic carbocycles. The van der Waals surface area contributed by atoms with E-state index in [4.69, 9.17) is 0 Å². The van der Waals surface area contributed by atoms with Crippen LogP contribution >= 0.6 is 15.9 Å². The molecule has 1 aliphatic rings. The molecule has 3 atom stereocenters. The predicted molar refractivity (Wildman–Crippen MR) is 82.2 cm³/mol. The van der Waals surface area contributed by atoms with E-state index in [1.165, 1.54) is 28.7 Å². The van der Waals surface area contributed by atoms with E-state index in [-0.39, 0.29) is 0 Å². The standard InChI is InChI=1S/C15H23BrN2/c1-10-6-5-7-13(15(10)16)17-14-8-12(3)18(4)9-11(14)2/h5-7,11-12,14,17H,8-9H2,1-4H3. The molecule has 1 aliphatic heterocycles. The number of rotatable bonds is 2. The largest absolute Gasteiger partial charge is 0.381 e. The van der Waals surface area contributed by atoms with Crippen LogP contribution in [0, 0.1) is 12.8 Å². The van der Waals surface area contributed by atoms with E-state index in [1.807, 2.05) is 0 Å². The number of nitrogens with zero attached hydrogens (tertiary/aromatic N) is 1. The number of aryl methyl sites for hydroxylation is 1. The Hall–Kier alpha value is -0.540. The Balaban J connectivity index is 2.11. The van der Waals surface area contributed by atoms with Crippen LogP contribution in [0.1, 0.15) is 25.8 Å². The lowest BCUT2D eigenvalue weighted by Gasteiger charge is -2.40. The zero-order valence-corrected chi connectivity index (χ0v) is 13.3. The first-order valence-electron chi connectivity index (χ1n) is 6.71. The number of nitrogens with one attached hydrogen (secondary N) is 1. The molecule has 1 N–H and O–H groups in total. The summed E-state index contributed by atoms with van der Waals surface area (Å²) in [5.41, 5.74) is 2.51. The number of hydrogen-bond donors (Lipinski definition) is 1. The fourth-order valence-corrected chi connectivity index (χ4v) is 3.08. The van der Waals surface area contributed by atoms with Crippen molar-refractivity contribution in [2.75, 3.05) is 18.9 Å². The van der Waals surface area contributed by atoms with Crippen molar-refractivity contribution in [1.82, 2.24) is 4.90 Å². The number of likely N-dealkylation sites (tertiary alicyclic amines) is 1. The van der Waals surface area contributed by atoms with Gasteiger partial charge in [-0.3, -0.25) is 0 Å². The molecule has 2 nitrogen and oxygen atoms in total. The minimum atomic E-state index is 0.564. The van der Waals surface area contributed by atoms with E-state index >= 15 is 0 Å². The minimum absolute atomic E-state index is 0.564. The van der Waals surface area contributed by atoms with E-state index in [0.29, 0.717) is 18.0 Å². The molecule has 1 heterocycles. The summed E-state index contributed by atoms with van der Waals surface area (Å²) >= 11 is 3.68. The van der Waals surface area contributed by atoms with Gasteiger partial charge in [0.05, 0.1) is 0 Å². The quantitative estimate of drug-likeness (QED) is 0.891. The molecule has 1 fully saturated rings. The summed E-state index contributed by atoms with van der Waals surface area (Å²) in [6.45, 7) is 7.95. The van der Waals surface area contributed by atoms with E-state index in [2.05, 4.69) is 72.2 Å². The molecular formula is C15H23BrN2. The first-order chi connectivity index (χ1) is 8.49. The Morgan fingerprint density at radius 3 is 2.78 bits per heavy atom. The zero-order valence-electron chi connectivity index (χ0n) is 11.7. The fourth-order valence-electron chi connectivity index (χ4n) is 2.70. The van der Waals surface area contributed by atoms with Crippen molar-refractivity contribution in [3.8, 4) is 0 Å². The Morgan fingerprint density at radius 2 is 2.06 bits per heavy atom. The van der Waals surface area contributed by atoms with Crippen molar-refractivity contribution in [2.24, 2.45) is 5.92 Å². The van der Waals surface area contributed by atoms with Crippen LogP contribution < -0.4 is 5.32 Å². The third-order valence-corrected chi connectivity index (χ3v) is 5.20. The molecule has 0 saturated carbocycles. The van der Waals surface area contributed by atoms with Gasteiger partial charge in [-0.2, -0.15) is 0 Å². The van der Waals surface area contributed by atoms with Crippen LogP contribution in [0.5, 0.6) is 0 Å². The highest BCUT2D eigenvalue weighted by molar-refractivity contribution is 9.10. The number of benzene rings is 1. The van der Waals surface area contributed by atoms with Gasteiger partial charge >= 0.3 is 0 Å². The Bertz CT molecular complexity index is 419. The van der Waals surface area contributed by atoms with Gasteiger partial charge < -0.3 is 10.2 Å². The molecular weight excluding hydrogens is 288 g/mol. The first kappa shape index (κ1) is 13.9. The number of halogens is 1. The third-order valence-electron chi connectivity index (χ3n) is 4.14. The molecule has 1 saturated heterocycles. The summed E-state index contributed by atoms with van der Waals surface area (Å²) in [5, 5.41) is 3.72. The molecule has 0 amide bonds. The second-order valence-electron chi connectivity index (χ2n) is 5.69. The number of anilines is 1. The summed E-state index contributed by atoms with van der Waals surface area (Å²) < 4.78 is 1.20. The maximum atomic E-state index is 3.72. The molecule has 1 aromatic rings. The SMILES string of the molecule is Cc1cccc(NC2CC(C)N(C)CC2C)c1Br. The maximum absolute atomic E-state index is 3.72. The lowest BCUT2D eigenvalue weighted by atomic mass is 9.89. The van der Waals surface area contributed by atoms with Crippen LogP contribution in [-0.4, -0.2) is 30.6 Å². The Kier molecular flexibility index (Phi) is 4.33. The van der Waals surface area contributed by atoms with E-state index in [1.54, 1.807) is 0 Å². The molecule has 2 rings (SSSR count). The van der Waals surface area contributed by atoms with E-state index < -0.39 is 0 Å². The molecule has 0 bridgehead atoms. The molecule has 3 heteroatoms. The summed E-state index contributed by atoms with van der Waals surface area (Å²) in [4.78, 5) is 2.45. The van der Waals surface area contributed by atoms with Crippen LogP contribution in [0.2, 0.25) is 0 Å². The summed E-state index contributed by atoms with van der Waals surface area (Å²) in [6.07, 6.45) is 1.21. The van der Waals surface area contributed by atoms with Crippen molar-refractivity contribution >= 4 is 21.6 Å². The fraction of sp³-hybridized carbons (Fsp3) is 0.600. The predicted octanol–water partition coefficient (Wildman–Crippen LogP) is 3.90. The minimum Gasteiger partial charge on any atom is -0.381 e. The summed E-state index contributed by atoms with van der Waals surface area (Å²) in [6, 6.07) is 7.63. The first-order valence-corrected chi connectivity index (χ1v) is 7.50. The Morgan fingerprint density at radius 1 is 1.33 bits per heavy atom. The third kappa shape index (κ3) is 2.89. The van der Waals surface area contributed by atoms with Crippen LogP contribution in [0.15, 0.2) is 22.7 Å². The molecule has 18 heavy (non-hydrogen) atoms. The molecule has 0 aliphatic carbocycles. The van der Waals surface area contributed by atoms with Gasteiger partial charge in [0, 0.05) is 28.8 Å². The average molecular weight is 311 g/mol. The van der Waals surface area contributed by atoms with Crippen molar-refractivity contribution < 1.29 is 0 Å². The van der Waals surface area contributed by atoms with Crippen molar-refractivity contribution in [1.29, 1.82) is 0 Å². The number of hydrogen-bond acceptors (Lipinski definition) is 2. The normalized spacial score (nSPS) is 29.3. The van der Waals surface area contributed by atoms with Crippen molar-refractivity contribution in [3.05, 3.63) is 28.2 Å². The second kappa shape index (κ2) is 5.62. The van der Waals surface area contributed by atoms with Gasteiger partial charge in [0.25, 0.3) is 0 Å². The van der Waals surface area contributed by atoms with E-state index in [0.717, 1.165) is 0 Å². The van der Waals surface area contributed by atoms with Gasteiger partial charge in [0.1, 0.15) is 0 Å². The van der Waals surface area contributed by atoms with Gasteiger partial charge in [-0.1, -0.05) is 19.1 Å². The molecule has 100 valence electrons. The monoisotopic (exact) mass is 310 g/mol. The Labute approximate surface area is 119 Å². The van der Waals surface area contributed by atoms with Crippen LogP contribution in [0.4, 0.5) is 5.69 Å². The second-order valence-corrected chi connectivity index (χ2v) is 6.48. The van der Waals surface area contributed by atoms with Crippen LogP contribution in [0.25, 0.3) is 0 Å². The van der Waals surface area contributed by atoms with Crippen LogP contribution in [-0.2, 0) is 0 Å². The van der Waals surface area contributed by atoms with Crippen molar-refractivity contribution in [2.45, 2.75) is 39.3 Å². The van der Waals surface area contributed by atoms with Gasteiger partial charge in [-0.15, -0.1) is 0 Å².